The van der Waals surface area contributed by atoms with E-state index in [1.54, 1.807) is 14.2 Å². The minimum absolute atomic E-state index is 0.00282. The second kappa shape index (κ2) is 6.99. The Balaban J connectivity index is 3.04. The van der Waals surface area contributed by atoms with E-state index in [4.69, 9.17) is 14.6 Å². The molecule has 19 heavy (non-hydrogen) atoms. The lowest BCUT2D eigenvalue weighted by atomic mass is 9.99. The summed E-state index contributed by atoms with van der Waals surface area (Å²) in [5.41, 5.74) is 0.967. The number of nitrogens with zero attached hydrogens (tertiary/aromatic N) is 1. The van der Waals surface area contributed by atoms with E-state index in [0.29, 0.717) is 12.2 Å². The number of ether oxygens (including phenoxy) is 2. The minimum atomic E-state index is -0.792. The summed E-state index contributed by atoms with van der Waals surface area (Å²) in [6, 6.07) is 5.59. The lowest BCUT2D eigenvalue weighted by molar-refractivity contribution is -0.137. The Bertz CT molecular complexity index is 431. The van der Waals surface area contributed by atoms with E-state index >= 15 is 0 Å². The van der Waals surface area contributed by atoms with Gasteiger partial charge in [0.2, 0.25) is 0 Å². The molecule has 0 aliphatic carbocycles. The second-order valence-electron chi connectivity index (χ2n) is 4.52. The molecule has 5 heteroatoms. The summed E-state index contributed by atoms with van der Waals surface area (Å²) >= 11 is 0. The van der Waals surface area contributed by atoms with Crippen LogP contribution in [-0.4, -0.2) is 44.3 Å². The number of rotatable bonds is 7. The summed E-state index contributed by atoms with van der Waals surface area (Å²) in [6.45, 7) is 0. The average Bonchev–Trinajstić information content (AvgIpc) is 2.38. The largest absolute Gasteiger partial charge is 0.497 e. The first-order valence-corrected chi connectivity index (χ1v) is 6.09. The molecule has 1 atom stereocenters. The third-order valence-electron chi connectivity index (χ3n) is 3.05. The fraction of sp³-hybridized carbons (Fsp3) is 0.500. The van der Waals surface area contributed by atoms with Crippen molar-refractivity contribution in [3.63, 3.8) is 0 Å². The Kier molecular flexibility index (Phi) is 5.63. The molecule has 0 bridgehead atoms. The van der Waals surface area contributed by atoms with E-state index in [1.165, 1.54) is 0 Å². The summed E-state index contributed by atoms with van der Waals surface area (Å²) in [5, 5.41) is 8.83. The van der Waals surface area contributed by atoms with Crippen molar-refractivity contribution in [2.24, 2.45) is 0 Å². The monoisotopic (exact) mass is 267 g/mol. The summed E-state index contributed by atoms with van der Waals surface area (Å²) in [5.74, 6) is 0.638. The lowest BCUT2D eigenvalue weighted by Gasteiger charge is -2.26. The van der Waals surface area contributed by atoms with Gasteiger partial charge in [-0.15, -0.1) is 0 Å². The molecule has 0 amide bonds. The van der Waals surface area contributed by atoms with Crippen LogP contribution in [0.5, 0.6) is 11.5 Å². The molecule has 0 radical (unpaired) electrons. The topological polar surface area (TPSA) is 59.0 Å². The third-order valence-corrected chi connectivity index (χ3v) is 3.05. The van der Waals surface area contributed by atoms with E-state index in [9.17, 15) is 4.79 Å². The van der Waals surface area contributed by atoms with Gasteiger partial charge in [-0.25, -0.2) is 0 Å². The standard InChI is InChI=1S/C14H21NO4/c1-15(2)12(7-8-14(16)17)11-6-5-10(18-3)9-13(11)19-4/h5-6,9,12H,7-8H2,1-4H3,(H,16,17). The smallest absolute Gasteiger partial charge is 0.303 e. The molecule has 5 nitrogen and oxygen atoms in total. The van der Waals surface area contributed by atoms with Crippen molar-refractivity contribution < 1.29 is 19.4 Å². The van der Waals surface area contributed by atoms with Gasteiger partial charge in [0, 0.05) is 24.1 Å². The van der Waals surface area contributed by atoms with Crippen LogP contribution < -0.4 is 9.47 Å². The highest BCUT2D eigenvalue weighted by Crippen LogP contribution is 2.34. The van der Waals surface area contributed by atoms with Crippen LogP contribution in [-0.2, 0) is 4.79 Å². The Morgan fingerprint density at radius 3 is 2.47 bits per heavy atom. The lowest BCUT2D eigenvalue weighted by Crippen LogP contribution is -2.21. The predicted octanol–water partition coefficient (Wildman–Crippen LogP) is 2.17. The van der Waals surface area contributed by atoms with E-state index in [2.05, 4.69) is 0 Å². The number of carboxylic acid groups (broad SMARTS) is 1. The van der Waals surface area contributed by atoms with E-state index in [1.807, 2.05) is 37.2 Å². The van der Waals surface area contributed by atoms with Gasteiger partial charge in [-0.05, 0) is 26.6 Å². The van der Waals surface area contributed by atoms with Crippen LogP contribution in [0.15, 0.2) is 18.2 Å². The third kappa shape index (κ3) is 4.13. The quantitative estimate of drug-likeness (QED) is 0.820. The molecule has 1 unspecified atom stereocenters. The number of aliphatic carboxylic acids is 1. The van der Waals surface area contributed by atoms with Gasteiger partial charge in [-0.3, -0.25) is 4.79 Å². The van der Waals surface area contributed by atoms with Gasteiger partial charge in [0.25, 0.3) is 0 Å². The van der Waals surface area contributed by atoms with Gasteiger partial charge >= 0.3 is 5.97 Å². The normalized spacial score (nSPS) is 12.3. The van der Waals surface area contributed by atoms with Crippen molar-refractivity contribution in [1.82, 2.24) is 4.90 Å². The SMILES string of the molecule is COc1ccc(C(CCC(=O)O)N(C)C)c(OC)c1. The second-order valence-corrected chi connectivity index (χ2v) is 4.52. The van der Waals surface area contributed by atoms with Crippen LogP contribution in [0.1, 0.15) is 24.4 Å². The molecule has 0 fully saturated rings. The maximum Gasteiger partial charge on any atom is 0.303 e. The van der Waals surface area contributed by atoms with E-state index in [-0.39, 0.29) is 12.5 Å². The van der Waals surface area contributed by atoms with Crippen LogP contribution in [0.4, 0.5) is 0 Å². The number of methoxy groups -OCH3 is 2. The molecular formula is C14H21NO4. The number of benzene rings is 1. The van der Waals surface area contributed by atoms with Crippen molar-refractivity contribution >= 4 is 5.97 Å². The fourth-order valence-corrected chi connectivity index (χ4v) is 2.05. The molecule has 0 aromatic heterocycles. The summed E-state index contributed by atoms with van der Waals surface area (Å²) in [4.78, 5) is 12.7. The van der Waals surface area contributed by atoms with Gasteiger partial charge in [0.05, 0.1) is 14.2 Å². The summed E-state index contributed by atoms with van der Waals surface area (Å²) < 4.78 is 10.5. The highest BCUT2D eigenvalue weighted by Gasteiger charge is 2.20. The van der Waals surface area contributed by atoms with Gasteiger partial charge < -0.3 is 19.5 Å². The maximum absolute atomic E-state index is 10.7. The fourth-order valence-electron chi connectivity index (χ4n) is 2.05. The summed E-state index contributed by atoms with van der Waals surface area (Å²) in [6.07, 6.45) is 0.656. The molecule has 0 saturated heterocycles. The predicted molar refractivity (Wildman–Crippen MR) is 72.8 cm³/mol. The van der Waals surface area contributed by atoms with Crippen LogP contribution in [0.3, 0.4) is 0 Å². The molecule has 0 heterocycles. The molecule has 0 spiro atoms. The van der Waals surface area contributed by atoms with Crippen LogP contribution in [0.25, 0.3) is 0 Å². The number of carbonyl (C=O) groups is 1. The van der Waals surface area contributed by atoms with Gasteiger partial charge in [0.15, 0.2) is 0 Å². The average molecular weight is 267 g/mol. The van der Waals surface area contributed by atoms with Crippen LogP contribution in [0.2, 0.25) is 0 Å². The molecule has 0 aliphatic heterocycles. The van der Waals surface area contributed by atoms with Crippen LogP contribution in [0, 0.1) is 0 Å². The molecule has 0 saturated carbocycles. The Hall–Kier alpha value is -1.75. The first kappa shape index (κ1) is 15.3. The maximum atomic E-state index is 10.7. The van der Waals surface area contributed by atoms with Crippen molar-refractivity contribution in [3.05, 3.63) is 23.8 Å². The summed E-state index contributed by atoms with van der Waals surface area (Å²) in [7, 11) is 7.05. The Morgan fingerprint density at radius 2 is 2.00 bits per heavy atom. The number of carboxylic acids is 1. The first-order chi connectivity index (χ1) is 8.99. The molecular weight excluding hydrogens is 246 g/mol. The highest BCUT2D eigenvalue weighted by atomic mass is 16.5. The molecule has 1 rings (SSSR count). The molecule has 1 N–H and O–H groups in total. The zero-order valence-corrected chi connectivity index (χ0v) is 11.8. The van der Waals surface area contributed by atoms with Crippen molar-refractivity contribution in [2.75, 3.05) is 28.3 Å². The number of hydrogen-bond acceptors (Lipinski definition) is 4. The molecule has 1 aromatic carbocycles. The molecule has 106 valence electrons. The van der Waals surface area contributed by atoms with Gasteiger partial charge in [-0.2, -0.15) is 0 Å². The van der Waals surface area contributed by atoms with Gasteiger partial charge in [-0.1, -0.05) is 6.07 Å². The zero-order valence-electron chi connectivity index (χ0n) is 11.8. The van der Waals surface area contributed by atoms with Crippen molar-refractivity contribution in [1.29, 1.82) is 0 Å². The van der Waals surface area contributed by atoms with E-state index < -0.39 is 5.97 Å². The van der Waals surface area contributed by atoms with Crippen molar-refractivity contribution in [3.8, 4) is 11.5 Å². The molecule has 0 aliphatic rings. The van der Waals surface area contributed by atoms with Crippen molar-refractivity contribution in [2.45, 2.75) is 18.9 Å². The van der Waals surface area contributed by atoms with Crippen LogP contribution >= 0.6 is 0 Å². The first-order valence-electron chi connectivity index (χ1n) is 6.09. The van der Waals surface area contributed by atoms with E-state index in [0.717, 1.165) is 11.3 Å². The number of hydrogen-bond donors (Lipinski definition) is 1. The Labute approximate surface area is 113 Å². The zero-order chi connectivity index (χ0) is 14.4. The molecule has 1 aromatic rings. The minimum Gasteiger partial charge on any atom is -0.497 e. The van der Waals surface area contributed by atoms with Gasteiger partial charge in [0.1, 0.15) is 11.5 Å². The highest BCUT2D eigenvalue weighted by molar-refractivity contribution is 5.66. The Morgan fingerprint density at radius 1 is 1.32 bits per heavy atom.